The molecule has 1 aliphatic rings. The van der Waals surface area contributed by atoms with Crippen LogP contribution in [0.3, 0.4) is 0 Å². The lowest BCUT2D eigenvalue weighted by Crippen LogP contribution is -2.43. The number of hydrogen-bond acceptors (Lipinski definition) is 3. The Balaban J connectivity index is 2.67. The van der Waals surface area contributed by atoms with Crippen LogP contribution in [-0.4, -0.2) is 47.6 Å². The van der Waals surface area contributed by atoms with Crippen molar-refractivity contribution in [2.45, 2.75) is 12.5 Å². The van der Waals surface area contributed by atoms with Gasteiger partial charge in [-0.2, -0.15) is 0 Å². The molecule has 5 nitrogen and oxygen atoms in total. The van der Waals surface area contributed by atoms with E-state index in [1.54, 1.807) is 4.90 Å². The minimum Gasteiger partial charge on any atom is -0.480 e. The van der Waals surface area contributed by atoms with Gasteiger partial charge in [0.15, 0.2) is 0 Å². The monoisotopic (exact) mass is 198 g/mol. The summed E-state index contributed by atoms with van der Waals surface area (Å²) in [6.07, 6.45) is 2.12. The molecule has 1 aliphatic heterocycles. The van der Waals surface area contributed by atoms with E-state index in [0.717, 1.165) is 6.42 Å². The number of nitrogens with zero attached hydrogens (tertiary/aromatic N) is 1. The van der Waals surface area contributed by atoms with E-state index in [1.807, 2.05) is 0 Å². The molecule has 1 amide bonds. The number of nitrogens with one attached hydrogen (secondary N) is 1. The molecular weight excluding hydrogens is 184 g/mol. The molecule has 1 rings (SSSR count). The first-order valence-corrected chi connectivity index (χ1v) is 4.51. The van der Waals surface area contributed by atoms with Crippen molar-refractivity contribution in [1.29, 1.82) is 0 Å². The highest BCUT2D eigenvalue weighted by molar-refractivity contribution is 5.80. The van der Waals surface area contributed by atoms with E-state index in [4.69, 9.17) is 5.11 Å². The van der Waals surface area contributed by atoms with Crippen LogP contribution in [0.4, 0.5) is 0 Å². The van der Waals surface area contributed by atoms with Gasteiger partial charge in [-0.1, -0.05) is 6.08 Å². The maximum absolute atomic E-state index is 11.2. The predicted molar refractivity (Wildman–Crippen MR) is 50.8 cm³/mol. The fourth-order valence-electron chi connectivity index (χ4n) is 1.47. The molecule has 0 aromatic rings. The molecule has 1 atom stereocenters. The molecule has 0 saturated carbocycles. The summed E-state index contributed by atoms with van der Waals surface area (Å²) < 4.78 is 0. The van der Waals surface area contributed by atoms with Crippen molar-refractivity contribution in [3.05, 3.63) is 12.7 Å². The van der Waals surface area contributed by atoms with Gasteiger partial charge in [0.1, 0.15) is 6.04 Å². The Hall–Kier alpha value is -1.36. The molecule has 2 N–H and O–H groups in total. The summed E-state index contributed by atoms with van der Waals surface area (Å²) >= 11 is 0. The minimum absolute atomic E-state index is 0.128. The number of aliphatic carboxylic acids is 1. The van der Waals surface area contributed by atoms with E-state index in [-0.39, 0.29) is 12.5 Å². The Morgan fingerprint density at radius 1 is 1.71 bits per heavy atom. The largest absolute Gasteiger partial charge is 0.480 e. The molecule has 5 heteroatoms. The summed E-state index contributed by atoms with van der Waals surface area (Å²) in [7, 11) is 0. The van der Waals surface area contributed by atoms with E-state index in [2.05, 4.69) is 11.9 Å². The lowest BCUT2D eigenvalue weighted by atomic mass is 10.2. The summed E-state index contributed by atoms with van der Waals surface area (Å²) in [6, 6.07) is -0.765. The van der Waals surface area contributed by atoms with Gasteiger partial charge >= 0.3 is 5.97 Å². The van der Waals surface area contributed by atoms with E-state index in [1.165, 1.54) is 6.08 Å². The maximum atomic E-state index is 11.2. The Kier molecular flexibility index (Phi) is 3.64. The number of carboxylic acid groups (broad SMARTS) is 1. The highest BCUT2D eigenvalue weighted by Gasteiger charge is 2.25. The minimum atomic E-state index is -0.963. The fraction of sp³-hybridized carbons (Fsp3) is 0.556. The van der Waals surface area contributed by atoms with Crippen LogP contribution >= 0.6 is 0 Å². The van der Waals surface area contributed by atoms with Crippen LogP contribution in [0.15, 0.2) is 12.7 Å². The van der Waals surface area contributed by atoms with Crippen LogP contribution in [0.5, 0.6) is 0 Å². The highest BCUT2D eigenvalue weighted by Crippen LogP contribution is 2.04. The Morgan fingerprint density at radius 2 is 2.43 bits per heavy atom. The van der Waals surface area contributed by atoms with Crippen LogP contribution in [0, 0.1) is 0 Å². The number of carbonyl (C=O) groups excluding carboxylic acids is 1. The summed E-state index contributed by atoms with van der Waals surface area (Å²) in [5, 5.41) is 11.5. The van der Waals surface area contributed by atoms with Gasteiger partial charge in [0.2, 0.25) is 5.91 Å². The third-order valence-electron chi connectivity index (χ3n) is 2.16. The molecule has 0 spiro atoms. The van der Waals surface area contributed by atoms with Gasteiger partial charge in [0.05, 0.1) is 6.54 Å². The van der Waals surface area contributed by atoms with Crippen molar-refractivity contribution >= 4 is 11.9 Å². The van der Waals surface area contributed by atoms with E-state index in [9.17, 15) is 9.59 Å². The van der Waals surface area contributed by atoms with Gasteiger partial charge in [0, 0.05) is 13.1 Å². The lowest BCUT2D eigenvalue weighted by molar-refractivity contribution is -0.141. The number of amides is 1. The normalized spacial score (nSPS) is 20.7. The molecule has 0 bridgehead atoms. The zero-order valence-corrected chi connectivity index (χ0v) is 7.90. The van der Waals surface area contributed by atoms with Crippen molar-refractivity contribution in [2.75, 3.05) is 19.6 Å². The molecule has 1 heterocycles. The molecule has 78 valence electrons. The highest BCUT2D eigenvalue weighted by atomic mass is 16.4. The molecule has 1 saturated heterocycles. The van der Waals surface area contributed by atoms with Crippen molar-refractivity contribution in [3.63, 3.8) is 0 Å². The van der Waals surface area contributed by atoms with Gasteiger partial charge in [0.25, 0.3) is 0 Å². The standard InChI is InChI=1S/C9H14N2O3/c1-2-7(9(13)14)11-5-3-4-10-8(12)6-11/h2,7H,1,3-6H2,(H,10,12)(H,13,14). The Labute approximate surface area is 82.4 Å². The molecule has 0 radical (unpaired) electrons. The van der Waals surface area contributed by atoms with Gasteiger partial charge in [-0.05, 0) is 6.42 Å². The van der Waals surface area contributed by atoms with E-state index in [0.29, 0.717) is 13.1 Å². The first kappa shape index (κ1) is 10.7. The summed E-state index contributed by atoms with van der Waals surface area (Å²) in [5.74, 6) is -1.09. The van der Waals surface area contributed by atoms with Gasteiger partial charge in [-0.3, -0.25) is 14.5 Å². The summed E-state index contributed by atoms with van der Waals surface area (Å²) in [5.41, 5.74) is 0. The second-order valence-corrected chi connectivity index (χ2v) is 3.19. The quantitative estimate of drug-likeness (QED) is 0.597. The molecular formula is C9H14N2O3. The van der Waals surface area contributed by atoms with Crippen molar-refractivity contribution in [1.82, 2.24) is 10.2 Å². The fourth-order valence-corrected chi connectivity index (χ4v) is 1.47. The lowest BCUT2D eigenvalue weighted by Gasteiger charge is -2.23. The van der Waals surface area contributed by atoms with Crippen molar-refractivity contribution in [3.8, 4) is 0 Å². The van der Waals surface area contributed by atoms with Crippen LogP contribution < -0.4 is 5.32 Å². The zero-order chi connectivity index (χ0) is 10.6. The maximum Gasteiger partial charge on any atom is 0.324 e. The number of carbonyl (C=O) groups is 2. The smallest absolute Gasteiger partial charge is 0.324 e. The number of rotatable bonds is 3. The van der Waals surface area contributed by atoms with Crippen LogP contribution in [0.1, 0.15) is 6.42 Å². The molecule has 0 aromatic carbocycles. The average molecular weight is 198 g/mol. The molecule has 1 unspecified atom stereocenters. The molecule has 14 heavy (non-hydrogen) atoms. The van der Waals surface area contributed by atoms with Gasteiger partial charge in [-0.15, -0.1) is 6.58 Å². The molecule has 0 aromatic heterocycles. The van der Waals surface area contributed by atoms with E-state index >= 15 is 0 Å². The van der Waals surface area contributed by atoms with Crippen molar-refractivity contribution in [2.24, 2.45) is 0 Å². The Morgan fingerprint density at radius 3 is 3.00 bits per heavy atom. The zero-order valence-electron chi connectivity index (χ0n) is 7.90. The van der Waals surface area contributed by atoms with Crippen LogP contribution in [-0.2, 0) is 9.59 Å². The predicted octanol–water partition coefficient (Wildman–Crippen LogP) is -0.552. The second kappa shape index (κ2) is 4.76. The molecule has 0 aliphatic carbocycles. The molecule has 1 fully saturated rings. The first-order valence-electron chi connectivity index (χ1n) is 4.51. The van der Waals surface area contributed by atoms with Gasteiger partial charge < -0.3 is 10.4 Å². The average Bonchev–Trinajstić information content (AvgIpc) is 2.31. The van der Waals surface area contributed by atoms with Crippen LogP contribution in [0.2, 0.25) is 0 Å². The Bertz CT molecular complexity index is 252. The van der Waals surface area contributed by atoms with Crippen molar-refractivity contribution < 1.29 is 14.7 Å². The third kappa shape index (κ3) is 2.56. The first-order chi connectivity index (χ1) is 6.65. The second-order valence-electron chi connectivity index (χ2n) is 3.19. The summed E-state index contributed by atoms with van der Waals surface area (Å²) in [4.78, 5) is 23.6. The SMILES string of the molecule is C=CC(C(=O)O)N1CCCNC(=O)C1. The number of carboxylic acids is 1. The summed E-state index contributed by atoms with van der Waals surface area (Å²) in [6.45, 7) is 4.80. The van der Waals surface area contributed by atoms with Gasteiger partial charge in [-0.25, -0.2) is 0 Å². The number of hydrogen-bond donors (Lipinski definition) is 2. The van der Waals surface area contributed by atoms with E-state index < -0.39 is 12.0 Å². The third-order valence-corrected chi connectivity index (χ3v) is 2.16. The van der Waals surface area contributed by atoms with Crippen LogP contribution in [0.25, 0.3) is 0 Å². The topological polar surface area (TPSA) is 69.6 Å².